The minimum Gasteiger partial charge on any atom is -0.499 e. The summed E-state index contributed by atoms with van der Waals surface area (Å²) in [6, 6.07) is 0. The Morgan fingerprint density at radius 1 is 1.33 bits per heavy atom. The molecule has 1 N–H and O–H groups in total. The van der Waals surface area contributed by atoms with Crippen LogP contribution in [-0.4, -0.2) is 17.7 Å². The minimum atomic E-state index is -0.103. The van der Waals surface area contributed by atoms with E-state index < -0.39 is 0 Å². The quantitative estimate of drug-likeness (QED) is 0.614. The molecule has 78 valence electrons. The maximum Gasteiger partial charge on any atom is 0.182 e. The van der Waals surface area contributed by atoms with Crippen molar-refractivity contribution in [3.63, 3.8) is 0 Å². The molecule has 0 spiro atoms. The molecule has 0 aliphatic rings. The van der Waals surface area contributed by atoms with Crippen molar-refractivity contribution in [1.29, 1.82) is 0 Å². The lowest BCUT2D eigenvalue weighted by molar-refractivity contribution is 0.111. The van der Waals surface area contributed by atoms with Gasteiger partial charge in [0.1, 0.15) is 0 Å². The monoisotopic (exact) mass is 222 g/mol. The Labute approximate surface area is 91.4 Å². The van der Waals surface area contributed by atoms with Gasteiger partial charge in [-0.15, -0.1) is 0 Å². The Kier molecular flexibility index (Phi) is 4.00. The standard InChI is InChI=1S/C11H10O3S/c1-2-3-4-5-8-9(6-12)11(14)15-10(8)7-13/h2-4,6-7,14H,1,5H2/b4-3+. The summed E-state index contributed by atoms with van der Waals surface area (Å²) in [5.41, 5.74) is 0.774. The molecule has 3 nitrogen and oxygen atoms in total. The number of rotatable bonds is 5. The van der Waals surface area contributed by atoms with Gasteiger partial charge in [0, 0.05) is 0 Å². The highest BCUT2D eigenvalue weighted by atomic mass is 32.1. The van der Waals surface area contributed by atoms with E-state index in [0.717, 1.165) is 11.3 Å². The lowest BCUT2D eigenvalue weighted by Crippen LogP contribution is -1.90. The number of aldehydes is 2. The summed E-state index contributed by atoms with van der Waals surface area (Å²) in [6.07, 6.45) is 6.75. The predicted molar refractivity (Wildman–Crippen MR) is 59.8 cm³/mol. The Morgan fingerprint density at radius 2 is 2.07 bits per heavy atom. The molecular weight excluding hydrogens is 212 g/mol. The Morgan fingerprint density at radius 3 is 2.60 bits per heavy atom. The van der Waals surface area contributed by atoms with Crippen LogP contribution in [0.3, 0.4) is 0 Å². The molecule has 0 fully saturated rings. The zero-order chi connectivity index (χ0) is 11.3. The van der Waals surface area contributed by atoms with Crippen LogP contribution in [0.2, 0.25) is 0 Å². The summed E-state index contributed by atoms with van der Waals surface area (Å²) >= 11 is 0.920. The van der Waals surface area contributed by atoms with E-state index in [2.05, 4.69) is 6.58 Å². The van der Waals surface area contributed by atoms with Gasteiger partial charge in [0.25, 0.3) is 0 Å². The van der Waals surface area contributed by atoms with Gasteiger partial charge in [0.05, 0.1) is 10.4 Å². The second-order valence-electron chi connectivity index (χ2n) is 2.77. The molecular formula is C11H10O3S. The van der Waals surface area contributed by atoms with Gasteiger partial charge >= 0.3 is 0 Å². The molecule has 1 heterocycles. The van der Waals surface area contributed by atoms with E-state index >= 15 is 0 Å². The first-order valence-electron chi connectivity index (χ1n) is 4.27. The summed E-state index contributed by atoms with van der Waals surface area (Å²) in [5.74, 6) is 0. The average Bonchev–Trinajstić information content (AvgIpc) is 2.55. The summed E-state index contributed by atoms with van der Waals surface area (Å²) in [5, 5.41) is 9.28. The number of allylic oxidation sites excluding steroid dienone is 3. The normalized spacial score (nSPS) is 10.4. The largest absolute Gasteiger partial charge is 0.499 e. The summed E-state index contributed by atoms with van der Waals surface area (Å²) in [7, 11) is 0. The van der Waals surface area contributed by atoms with Gasteiger partial charge in [0.15, 0.2) is 17.6 Å². The van der Waals surface area contributed by atoms with Crippen molar-refractivity contribution in [3.05, 3.63) is 40.8 Å². The van der Waals surface area contributed by atoms with Crippen molar-refractivity contribution in [3.8, 4) is 5.06 Å². The Balaban J connectivity index is 3.11. The maximum atomic E-state index is 10.7. The van der Waals surface area contributed by atoms with Crippen molar-refractivity contribution in [2.75, 3.05) is 0 Å². The van der Waals surface area contributed by atoms with E-state index in [1.54, 1.807) is 18.2 Å². The van der Waals surface area contributed by atoms with Gasteiger partial charge in [-0.2, -0.15) is 0 Å². The van der Waals surface area contributed by atoms with Crippen molar-refractivity contribution in [2.24, 2.45) is 0 Å². The van der Waals surface area contributed by atoms with Crippen molar-refractivity contribution in [2.45, 2.75) is 6.42 Å². The fourth-order valence-corrected chi connectivity index (χ4v) is 2.05. The molecule has 1 aromatic heterocycles. The van der Waals surface area contributed by atoms with Crippen LogP contribution in [0.25, 0.3) is 0 Å². The number of hydrogen-bond acceptors (Lipinski definition) is 4. The van der Waals surface area contributed by atoms with Crippen LogP contribution in [0.15, 0.2) is 24.8 Å². The van der Waals surface area contributed by atoms with Crippen molar-refractivity contribution in [1.82, 2.24) is 0 Å². The van der Waals surface area contributed by atoms with Crippen LogP contribution in [0.5, 0.6) is 5.06 Å². The first kappa shape index (κ1) is 11.4. The second-order valence-corrected chi connectivity index (χ2v) is 3.80. The van der Waals surface area contributed by atoms with E-state index in [1.165, 1.54) is 0 Å². The molecule has 0 aliphatic carbocycles. The summed E-state index contributed by atoms with van der Waals surface area (Å²) in [6.45, 7) is 3.51. The topological polar surface area (TPSA) is 54.4 Å². The molecule has 0 aromatic carbocycles. The van der Waals surface area contributed by atoms with E-state index in [4.69, 9.17) is 0 Å². The van der Waals surface area contributed by atoms with Gasteiger partial charge in [-0.05, 0) is 12.0 Å². The summed E-state index contributed by atoms with van der Waals surface area (Å²) < 4.78 is 0. The van der Waals surface area contributed by atoms with E-state index in [1.807, 2.05) is 0 Å². The van der Waals surface area contributed by atoms with Crippen LogP contribution < -0.4 is 0 Å². The molecule has 0 bridgehead atoms. The number of thiophene rings is 1. The predicted octanol–water partition coefficient (Wildman–Crippen LogP) is 2.36. The molecule has 0 unspecified atom stereocenters. The third kappa shape index (κ3) is 2.41. The number of carbonyl (C=O) groups excluding carboxylic acids is 2. The zero-order valence-electron chi connectivity index (χ0n) is 7.97. The lowest BCUT2D eigenvalue weighted by atomic mass is 10.1. The van der Waals surface area contributed by atoms with Crippen LogP contribution in [0.4, 0.5) is 0 Å². The van der Waals surface area contributed by atoms with Gasteiger partial charge in [-0.25, -0.2) is 0 Å². The molecule has 0 saturated carbocycles. The maximum absolute atomic E-state index is 10.7. The highest BCUT2D eigenvalue weighted by molar-refractivity contribution is 7.15. The van der Waals surface area contributed by atoms with Gasteiger partial charge in [0.2, 0.25) is 0 Å². The van der Waals surface area contributed by atoms with Gasteiger partial charge in [-0.3, -0.25) is 9.59 Å². The molecule has 1 rings (SSSR count). The smallest absolute Gasteiger partial charge is 0.182 e. The van der Waals surface area contributed by atoms with Crippen LogP contribution >= 0.6 is 11.3 Å². The third-order valence-corrected chi connectivity index (χ3v) is 2.85. The van der Waals surface area contributed by atoms with Crippen molar-refractivity contribution < 1.29 is 14.7 Å². The fourth-order valence-electron chi connectivity index (χ4n) is 1.19. The summed E-state index contributed by atoms with van der Waals surface area (Å²) in [4.78, 5) is 21.8. The molecule has 0 aliphatic heterocycles. The highest BCUT2D eigenvalue weighted by Crippen LogP contribution is 2.32. The SMILES string of the molecule is C=C/C=C/Cc1c(C=O)sc(O)c1C=O. The van der Waals surface area contributed by atoms with E-state index in [0.29, 0.717) is 29.4 Å². The molecule has 0 saturated heterocycles. The van der Waals surface area contributed by atoms with Crippen LogP contribution in [0.1, 0.15) is 25.6 Å². The molecule has 0 atom stereocenters. The lowest BCUT2D eigenvalue weighted by Gasteiger charge is -1.94. The molecule has 0 amide bonds. The number of carbonyl (C=O) groups is 2. The van der Waals surface area contributed by atoms with Gasteiger partial charge < -0.3 is 5.11 Å². The minimum absolute atomic E-state index is 0.103. The molecule has 4 heteroatoms. The zero-order valence-corrected chi connectivity index (χ0v) is 8.79. The number of hydrogen-bond donors (Lipinski definition) is 1. The van der Waals surface area contributed by atoms with Crippen LogP contribution in [0, 0.1) is 0 Å². The van der Waals surface area contributed by atoms with E-state index in [9.17, 15) is 14.7 Å². The average molecular weight is 222 g/mol. The molecule has 1 aromatic rings. The number of aromatic hydroxyl groups is 1. The molecule has 15 heavy (non-hydrogen) atoms. The third-order valence-electron chi connectivity index (χ3n) is 1.88. The Hall–Kier alpha value is -1.68. The fraction of sp³-hybridized carbons (Fsp3) is 0.0909. The first-order valence-corrected chi connectivity index (χ1v) is 5.08. The van der Waals surface area contributed by atoms with E-state index in [-0.39, 0.29) is 10.6 Å². The van der Waals surface area contributed by atoms with Crippen molar-refractivity contribution >= 4 is 23.9 Å². The van der Waals surface area contributed by atoms with Crippen LogP contribution in [-0.2, 0) is 6.42 Å². The first-order chi connectivity index (χ1) is 7.24. The van der Waals surface area contributed by atoms with Gasteiger partial charge in [-0.1, -0.05) is 36.1 Å². The molecule has 0 radical (unpaired) electrons. The second kappa shape index (κ2) is 5.26. The highest BCUT2D eigenvalue weighted by Gasteiger charge is 2.15. The Bertz CT molecular complexity index is 416.